The first kappa shape index (κ1) is 42.8. The summed E-state index contributed by atoms with van der Waals surface area (Å²) in [6, 6.07) is 6.02. The molecule has 2 saturated heterocycles. The van der Waals surface area contributed by atoms with Gasteiger partial charge in [-0.15, -0.1) is 6.58 Å². The van der Waals surface area contributed by atoms with Crippen molar-refractivity contribution in [1.29, 1.82) is 5.41 Å². The highest BCUT2D eigenvalue weighted by molar-refractivity contribution is 7.47. The van der Waals surface area contributed by atoms with Crippen molar-refractivity contribution >= 4 is 56.4 Å². The van der Waals surface area contributed by atoms with E-state index in [2.05, 4.69) is 36.7 Å². The Kier molecular flexibility index (Phi) is 13.3. The van der Waals surface area contributed by atoms with Crippen LogP contribution in [0.1, 0.15) is 37.1 Å². The van der Waals surface area contributed by atoms with Crippen LogP contribution < -0.4 is 21.3 Å². The number of allylic oxidation sites excluding steroid dienone is 1. The number of phosphoric acid groups is 2. The number of nitrogens with one attached hydrogen (secondary N) is 4. The Morgan fingerprint density at radius 3 is 2.59 bits per heavy atom. The molecule has 10 unspecified atom stereocenters. The van der Waals surface area contributed by atoms with E-state index >= 15 is 0 Å². The molecule has 5 heterocycles. The smallest absolute Gasteiger partial charge is 0.455 e. The van der Waals surface area contributed by atoms with E-state index in [0.29, 0.717) is 12.0 Å². The second kappa shape index (κ2) is 18.0. The first-order chi connectivity index (χ1) is 27.5. The van der Waals surface area contributed by atoms with E-state index in [1.807, 2.05) is 0 Å². The van der Waals surface area contributed by atoms with Crippen molar-refractivity contribution in [2.45, 2.75) is 68.3 Å². The van der Waals surface area contributed by atoms with Gasteiger partial charge in [0.15, 0.2) is 29.8 Å². The van der Waals surface area contributed by atoms with Crippen LogP contribution in [0.3, 0.4) is 0 Å². The average Bonchev–Trinajstić information content (AvgIpc) is 3.86. The van der Waals surface area contributed by atoms with Crippen molar-refractivity contribution < 1.29 is 76.0 Å². The van der Waals surface area contributed by atoms with Crippen molar-refractivity contribution in [3.8, 4) is 0 Å². The summed E-state index contributed by atoms with van der Waals surface area (Å²) >= 11 is 0. The van der Waals surface area contributed by atoms with Gasteiger partial charge in [-0.05, 0) is 12.0 Å². The molecule has 0 radical (unpaired) electrons. The second-order valence-electron chi connectivity index (χ2n) is 13.0. The van der Waals surface area contributed by atoms with Gasteiger partial charge in [0, 0.05) is 12.5 Å². The minimum Gasteiger partial charge on any atom is -0.455 e. The van der Waals surface area contributed by atoms with Gasteiger partial charge in [0.25, 0.3) is 0 Å². The van der Waals surface area contributed by atoms with Gasteiger partial charge in [-0.2, -0.15) is 0 Å². The van der Waals surface area contributed by atoms with Gasteiger partial charge in [-0.3, -0.25) is 33.7 Å². The first-order valence-corrected chi connectivity index (χ1v) is 20.4. The Bertz CT molecular complexity index is 2150. The zero-order chi connectivity index (χ0) is 41.8. The van der Waals surface area contributed by atoms with Crippen LogP contribution in [0.15, 0.2) is 67.9 Å². The summed E-state index contributed by atoms with van der Waals surface area (Å²) in [6.07, 6.45) is -3.82. The van der Waals surface area contributed by atoms with Crippen molar-refractivity contribution in [3.63, 3.8) is 0 Å². The predicted molar refractivity (Wildman–Crippen MR) is 195 cm³/mol. The van der Waals surface area contributed by atoms with Crippen molar-refractivity contribution in [1.82, 2.24) is 30.2 Å². The van der Waals surface area contributed by atoms with Gasteiger partial charge < -0.3 is 45.0 Å². The van der Waals surface area contributed by atoms with Crippen LogP contribution in [-0.2, 0) is 46.5 Å². The molecule has 2 fully saturated rings. The second-order valence-corrected chi connectivity index (χ2v) is 15.7. The lowest BCUT2D eigenvalue weighted by atomic mass is 10.1. The topological polar surface area (TPSA) is 344 Å². The number of rotatable bonds is 17. The number of carbonyl (C=O) groups is 3. The fourth-order valence-corrected chi connectivity index (χ4v) is 7.63. The lowest BCUT2D eigenvalue weighted by Gasteiger charge is -2.25. The number of aliphatic hydroxyl groups excluding tert-OH is 1. The zero-order valence-electron chi connectivity index (χ0n) is 30.2. The molecule has 3 amide bonds. The molecule has 10 atom stereocenters. The number of phosphoric ester groups is 2. The quantitative estimate of drug-likeness (QED) is 0.0457. The number of benzene rings is 1. The number of aromatic nitrogens is 4. The van der Waals surface area contributed by atoms with Gasteiger partial charge in [-0.1, -0.05) is 36.4 Å². The number of imidazole rings is 1. The number of nitrogens with two attached hydrogens (primary N) is 1. The van der Waals surface area contributed by atoms with E-state index in [1.54, 1.807) is 30.3 Å². The Morgan fingerprint density at radius 2 is 1.88 bits per heavy atom. The summed E-state index contributed by atoms with van der Waals surface area (Å²) < 4.78 is 59.1. The lowest BCUT2D eigenvalue weighted by molar-refractivity contribution is -0.818. The van der Waals surface area contributed by atoms with E-state index in [-0.39, 0.29) is 40.6 Å². The molecule has 312 valence electrons. The molecule has 58 heavy (non-hydrogen) atoms. The third-order valence-corrected chi connectivity index (χ3v) is 10.5. The standard InChI is InChI=1S/C32H39N9O15P2/c1-2-3-9-22(42)39-24(17-7-5-4-6-8-17)31(44)55-27-20(54-30(26(27)43)41-16-37-25-28(34)35-15-36-29(25)41)14-52-58(49,50)56-18-12-23(40-11-10-21(33)38-32(40)45)53-19(18)13-51-57(46,47)48/h2,4-8,10-11,15-16,18-20,23-24,26-27,30,43H,1,3,9,12-14H2,(H,39,42)(H,49,50)(H2,33,38,45)(H2,34,35,36)(H2,46,47,48)/p+1. The van der Waals surface area contributed by atoms with Crippen molar-refractivity contribution in [2.75, 3.05) is 18.9 Å². The summed E-state index contributed by atoms with van der Waals surface area (Å²) in [6.45, 7) is 1.88. The summed E-state index contributed by atoms with van der Waals surface area (Å²) in [4.78, 5) is 80.9. The molecule has 0 saturated carbocycles. The number of anilines is 1. The van der Waals surface area contributed by atoms with Crippen LogP contribution in [0.2, 0.25) is 0 Å². The van der Waals surface area contributed by atoms with Gasteiger partial charge in [0.2, 0.25) is 12.1 Å². The van der Waals surface area contributed by atoms with Gasteiger partial charge in [-0.25, -0.2) is 38.6 Å². The maximum Gasteiger partial charge on any atom is 0.472 e. The van der Waals surface area contributed by atoms with E-state index in [1.165, 1.54) is 29.2 Å². The Balaban J connectivity index is 1.23. The van der Waals surface area contributed by atoms with E-state index in [0.717, 1.165) is 6.33 Å². The molecule has 10 N–H and O–H groups in total. The Hall–Kier alpha value is -4.81. The minimum atomic E-state index is -5.21. The van der Waals surface area contributed by atoms with Crippen LogP contribution in [0, 0.1) is 5.41 Å². The molecule has 3 aromatic rings. The SMILES string of the molecule is C=CCCC(=O)NC(C(=O)OC1C(COP(=O)(O)OC2CC([NH+]3C=CC(=N)NC3=O)OC2COP(=O)(O)O)OC(n2cnc3c(N)ncnc32)C1O)c1ccccc1. The molecule has 6 rings (SSSR count). The highest BCUT2D eigenvalue weighted by atomic mass is 31.2. The van der Waals surface area contributed by atoms with Gasteiger partial charge in [0.1, 0.15) is 48.3 Å². The number of hydrogen-bond acceptors (Lipinski definition) is 17. The molecular formula is C32H40N9O15P2+. The third kappa shape index (κ3) is 10.2. The Labute approximate surface area is 328 Å². The number of amidine groups is 1. The number of urea groups is 1. The molecule has 2 aromatic heterocycles. The van der Waals surface area contributed by atoms with Crippen LogP contribution in [0.5, 0.6) is 0 Å². The number of hydrogen-bond donors (Lipinski definition) is 9. The first-order valence-electron chi connectivity index (χ1n) is 17.4. The number of nitrogens with zero attached hydrogens (tertiary/aromatic N) is 4. The molecular weight excluding hydrogens is 812 g/mol. The average molecular weight is 853 g/mol. The van der Waals surface area contributed by atoms with E-state index < -0.39 is 95.8 Å². The predicted octanol–water partition coefficient (Wildman–Crippen LogP) is -0.772. The molecule has 0 bridgehead atoms. The number of esters is 1. The van der Waals surface area contributed by atoms with Gasteiger partial charge >= 0.3 is 27.6 Å². The maximum atomic E-state index is 13.9. The van der Waals surface area contributed by atoms with Crippen molar-refractivity contribution in [3.05, 3.63) is 73.5 Å². The molecule has 3 aliphatic rings. The molecule has 24 nitrogen and oxygen atoms in total. The summed E-state index contributed by atoms with van der Waals surface area (Å²) in [5, 5.41) is 24.1. The lowest BCUT2D eigenvalue weighted by Crippen LogP contribution is -3.16. The normalized spacial score (nSPS) is 27.5. The summed E-state index contributed by atoms with van der Waals surface area (Å²) in [7, 11) is -10.3. The highest BCUT2D eigenvalue weighted by Gasteiger charge is 2.51. The molecule has 0 spiro atoms. The zero-order valence-corrected chi connectivity index (χ0v) is 32.0. The summed E-state index contributed by atoms with van der Waals surface area (Å²) in [5.74, 6) is -1.73. The van der Waals surface area contributed by atoms with E-state index in [4.69, 9.17) is 34.4 Å². The molecule has 26 heteroatoms. The van der Waals surface area contributed by atoms with Crippen LogP contribution >= 0.6 is 15.6 Å². The molecule has 3 aliphatic heterocycles. The monoisotopic (exact) mass is 852 g/mol. The van der Waals surface area contributed by atoms with E-state index in [9.17, 15) is 43.3 Å². The number of nitrogen functional groups attached to an aromatic ring is 1. The third-order valence-electron chi connectivity index (χ3n) is 9.04. The fourth-order valence-electron chi connectivity index (χ4n) is 6.33. The Morgan fingerprint density at radius 1 is 1.14 bits per heavy atom. The molecule has 1 aromatic carbocycles. The summed E-state index contributed by atoms with van der Waals surface area (Å²) in [5.41, 5.74) is 6.54. The number of fused-ring (bicyclic) bond motifs is 1. The number of quaternary nitrogens is 1. The maximum absolute atomic E-state index is 13.9. The minimum absolute atomic E-state index is 0.00528. The number of amides is 3. The number of carbonyl (C=O) groups excluding carboxylic acids is 3. The molecule has 0 aliphatic carbocycles. The van der Waals surface area contributed by atoms with Crippen molar-refractivity contribution in [2.24, 2.45) is 0 Å². The number of aliphatic hydroxyl groups is 1. The fraction of sp³-hybridized carbons (Fsp3) is 0.406. The number of ether oxygens (including phenoxy) is 3. The highest BCUT2D eigenvalue weighted by Crippen LogP contribution is 2.49. The largest absolute Gasteiger partial charge is 0.472 e. The van der Waals surface area contributed by atoms with Crippen LogP contribution in [-0.4, -0.2) is 113 Å². The van der Waals surface area contributed by atoms with Crippen LogP contribution in [0.25, 0.3) is 11.2 Å². The van der Waals surface area contributed by atoms with Crippen LogP contribution in [0.4, 0.5) is 10.6 Å². The van der Waals surface area contributed by atoms with Gasteiger partial charge in [0.05, 0.1) is 26.0 Å².